The normalized spacial score (nSPS) is 22.0. The van der Waals surface area contributed by atoms with Crippen LogP contribution in [0.2, 0.25) is 0 Å². The average molecular weight is 458 g/mol. The van der Waals surface area contributed by atoms with Gasteiger partial charge in [0, 0.05) is 23.7 Å². The number of para-hydroxylation sites is 2. The number of carbonyl (C=O) groups excluding carboxylic acids is 2. The number of hydrogen-bond donors (Lipinski definition) is 2. The third-order valence-corrected chi connectivity index (χ3v) is 7.43. The molecule has 0 unspecified atom stereocenters. The third kappa shape index (κ3) is 4.48. The largest absolute Gasteiger partial charge is 0.357 e. The van der Waals surface area contributed by atoms with E-state index in [1.807, 2.05) is 18.2 Å². The monoisotopic (exact) mass is 457 g/mol. The molecule has 0 aromatic heterocycles. The zero-order valence-corrected chi connectivity index (χ0v) is 20.5. The van der Waals surface area contributed by atoms with E-state index < -0.39 is 0 Å². The molecule has 2 N–H and O–H groups in total. The Morgan fingerprint density at radius 1 is 1.06 bits per heavy atom. The molecule has 5 nitrogen and oxygen atoms in total. The van der Waals surface area contributed by atoms with Crippen LogP contribution in [0, 0.1) is 12.3 Å². The Balaban J connectivity index is 1.62. The zero-order valence-electron chi connectivity index (χ0n) is 20.5. The first-order valence-electron chi connectivity index (χ1n) is 12.6. The van der Waals surface area contributed by atoms with Crippen LogP contribution in [-0.4, -0.2) is 24.3 Å². The number of aryl methyl sites for hydroxylation is 1. The number of Topliss-reactive ketones (excluding diaryl/α,β-unsaturated/α-hetero) is 1. The molecule has 5 rings (SSSR count). The number of nitrogens with zero attached hydrogens (tertiary/aromatic N) is 1. The second kappa shape index (κ2) is 8.94. The molecule has 1 heterocycles. The predicted octanol–water partition coefficient (Wildman–Crippen LogP) is 5.67. The number of ketones is 1. The number of allylic oxidation sites excluding steroid dienone is 1. The molecule has 1 saturated carbocycles. The fourth-order valence-corrected chi connectivity index (χ4v) is 5.82. The van der Waals surface area contributed by atoms with Crippen LogP contribution < -0.4 is 15.5 Å². The van der Waals surface area contributed by atoms with Crippen LogP contribution in [0.4, 0.5) is 11.4 Å². The van der Waals surface area contributed by atoms with E-state index in [1.165, 1.54) is 18.4 Å². The van der Waals surface area contributed by atoms with Gasteiger partial charge in [0.05, 0.1) is 24.0 Å². The predicted molar refractivity (Wildman–Crippen MR) is 137 cm³/mol. The van der Waals surface area contributed by atoms with Gasteiger partial charge in [-0.05, 0) is 49.3 Å². The first-order valence-corrected chi connectivity index (χ1v) is 12.6. The Morgan fingerprint density at radius 3 is 2.50 bits per heavy atom. The molecule has 1 fully saturated rings. The molecule has 0 saturated heterocycles. The van der Waals surface area contributed by atoms with Crippen LogP contribution in [-0.2, 0) is 9.59 Å². The molecule has 2 aliphatic carbocycles. The Bertz CT molecular complexity index is 1130. The topological polar surface area (TPSA) is 61.4 Å². The molecular weight excluding hydrogens is 422 g/mol. The molecule has 1 amide bonds. The number of hydrogen-bond acceptors (Lipinski definition) is 4. The molecule has 0 spiro atoms. The van der Waals surface area contributed by atoms with Crippen LogP contribution in [0.15, 0.2) is 59.8 Å². The van der Waals surface area contributed by atoms with Gasteiger partial charge in [-0.15, -0.1) is 0 Å². The van der Waals surface area contributed by atoms with Crippen molar-refractivity contribution in [3.63, 3.8) is 0 Å². The Kier molecular flexibility index (Phi) is 5.97. The van der Waals surface area contributed by atoms with E-state index in [-0.39, 0.29) is 35.7 Å². The molecule has 2 aromatic carbocycles. The highest BCUT2D eigenvalue weighted by atomic mass is 16.2. The summed E-state index contributed by atoms with van der Waals surface area (Å²) in [7, 11) is 0. The summed E-state index contributed by atoms with van der Waals surface area (Å²) in [6.45, 7) is 6.59. The van der Waals surface area contributed by atoms with Gasteiger partial charge in [0.25, 0.3) is 0 Å². The maximum absolute atomic E-state index is 13.7. The molecule has 1 atom stereocenters. The number of fused-ring (bicyclic) bond motifs is 1. The van der Waals surface area contributed by atoms with Crippen LogP contribution in [0.5, 0.6) is 0 Å². The van der Waals surface area contributed by atoms with Crippen molar-refractivity contribution < 1.29 is 9.59 Å². The maximum atomic E-state index is 13.7. The number of anilines is 2. The smallest absolute Gasteiger partial charge is 0.239 e. The van der Waals surface area contributed by atoms with Gasteiger partial charge in [-0.1, -0.05) is 68.7 Å². The fourth-order valence-electron chi connectivity index (χ4n) is 5.82. The van der Waals surface area contributed by atoms with Gasteiger partial charge in [0.2, 0.25) is 5.91 Å². The van der Waals surface area contributed by atoms with Gasteiger partial charge in [-0.3, -0.25) is 9.59 Å². The van der Waals surface area contributed by atoms with E-state index in [9.17, 15) is 9.59 Å². The standard InChI is InChI=1S/C29H35N3O2/c1-19-12-14-20(15-13-19)28-27-23(16-29(2,3)17-25(27)33)31-22-10-6-7-11-24(22)32(28)18-26(34)30-21-8-4-5-9-21/h6-7,10-15,21,28,31H,4-5,8-9,16-18H2,1-3H3,(H,30,34)/t28-/m1/s1. The lowest BCUT2D eigenvalue weighted by Crippen LogP contribution is -2.44. The molecule has 34 heavy (non-hydrogen) atoms. The first-order chi connectivity index (χ1) is 16.3. The summed E-state index contributed by atoms with van der Waals surface area (Å²) in [4.78, 5) is 29.1. The van der Waals surface area contributed by atoms with Gasteiger partial charge in [-0.25, -0.2) is 0 Å². The first kappa shape index (κ1) is 22.7. The van der Waals surface area contributed by atoms with Crippen molar-refractivity contribution in [3.8, 4) is 0 Å². The average Bonchev–Trinajstić information content (AvgIpc) is 3.24. The molecule has 2 aromatic rings. The summed E-state index contributed by atoms with van der Waals surface area (Å²) in [6, 6.07) is 16.5. The summed E-state index contributed by atoms with van der Waals surface area (Å²) < 4.78 is 0. The summed E-state index contributed by atoms with van der Waals surface area (Å²) in [5.74, 6) is 0.185. The summed E-state index contributed by atoms with van der Waals surface area (Å²) >= 11 is 0. The minimum atomic E-state index is -0.315. The zero-order chi connectivity index (χ0) is 23.9. The van der Waals surface area contributed by atoms with Gasteiger partial charge >= 0.3 is 0 Å². The number of carbonyl (C=O) groups is 2. The fraction of sp³-hybridized carbons (Fsp3) is 0.448. The van der Waals surface area contributed by atoms with Crippen LogP contribution >= 0.6 is 0 Å². The summed E-state index contributed by atoms with van der Waals surface area (Å²) in [5.41, 5.74) is 5.79. The lowest BCUT2D eigenvalue weighted by Gasteiger charge is -2.38. The Hall–Kier alpha value is -3.08. The van der Waals surface area contributed by atoms with E-state index in [0.717, 1.165) is 47.5 Å². The van der Waals surface area contributed by atoms with Crippen LogP contribution in [0.3, 0.4) is 0 Å². The highest BCUT2D eigenvalue weighted by Gasteiger charge is 2.42. The lowest BCUT2D eigenvalue weighted by molar-refractivity contribution is -0.121. The second-order valence-electron chi connectivity index (χ2n) is 11.0. The summed E-state index contributed by atoms with van der Waals surface area (Å²) in [5, 5.41) is 6.87. The van der Waals surface area contributed by atoms with Gasteiger partial charge in [0.15, 0.2) is 5.78 Å². The van der Waals surface area contributed by atoms with Gasteiger partial charge in [-0.2, -0.15) is 0 Å². The second-order valence-corrected chi connectivity index (χ2v) is 11.0. The Labute approximate surface area is 202 Å². The van der Waals surface area contributed by atoms with Crippen molar-refractivity contribution in [1.82, 2.24) is 5.32 Å². The molecule has 5 heteroatoms. The minimum Gasteiger partial charge on any atom is -0.357 e. The van der Waals surface area contributed by atoms with E-state index in [2.05, 4.69) is 66.6 Å². The lowest BCUT2D eigenvalue weighted by atomic mass is 9.73. The van der Waals surface area contributed by atoms with Crippen molar-refractivity contribution in [2.24, 2.45) is 5.41 Å². The van der Waals surface area contributed by atoms with Crippen LogP contribution in [0.1, 0.15) is 69.5 Å². The number of amides is 1. The highest BCUT2D eigenvalue weighted by Crippen LogP contribution is 2.48. The SMILES string of the molecule is Cc1ccc([C@@H]2C3=C(CC(C)(C)CC3=O)Nc3ccccc3N2CC(=O)NC2CCCC2)cc1. The van der Waals surface area contributed by atoms with Crippen molar-refractivity contribution >= 4 is 23.1 Å². The van der Waals surface area contributed by atoms with E-state index >= 15 is 0 Å². The van der Waals surface area contributed by atoms with E-state index in [0.29, 0.717) is 6.42 Å². The van der Waals surface area contributed by atoms with Gasteiger partial charge < -0.3 is 15.5 Å². The Morgan fingerprint density at radius 2 is 1.76 bits per heavy atom. The molecule has 0 bridgehead atoms. The van der Waals surface area contributed by atoms with Crippen molar-refractivity contribution in [3.05, 3.63) is 70.9 Å². The summed E-state index contributed by atoms with van der Waals surface area (Å²) in [6.07, 6.45) is 5.76. The molecule has 178 valence electrons. The molecular formula is C29H35N3O2. The third-order valence-electron chi connectivity index (χ3n) is 7.43. The number of nitrogens with one attached hydrogen (secondary N) is 2. The number of rotatable bonds is 4. The van der Waals surface area contributed by atoms with Crippen molar-refractivity contribution in [1.29, 1.82) is 0 Å². The van der Waals surface area contributed by atoms with Crippen molar-refractivity contribution in [2.45, 2.75) is 71.4 Å². The minimum absolute atomic E-state index is 0.0199. The quantitative estimate of drug-likeness (QED) is 0.621. The maximum Gasteiger partial charge on any atom is 0.239 e. The highest BCUT2D eigenvalue weighted by molar-refractivity contribution is 6.01. The van der Waals surface area contributed by atoms with E-state index in [1.54, 1.807) is 0 Å². The molecule has 0 radical (unpaired) electrons. The van der Waals surface area contributed by atoms with Crippen molar-refractivity contribution in [2.75, 3.05) is 16.8 Å². The molecule has 3 aliphatic rings. The number of benzene rings is 2. The van der Waals surface area contributed by atoms with Crippen LogP contribution in [0.25, 0.3) is 0 Å². The molecule has 1 aliphatic heterocycles. The van der Waals surface area contributed by atoms with Gasteiger partial charge in [0.1, 0.15) is 0 Å². The van der Waals surface area contributed by atoms with E-state index in [4.69, 9.17) is 0 Å².